The Balaban J connectivity index is 2.18. The van der Waals surface area contributed by atoms with E-state index < -0.39 is 29.5 Å². The van der Waals surface area contributed by atoms with Crippen LogP contribution in [0.15, 0.2) is 24.3 Å². The summed E-state index contributed by atoms with van der Waals surface area (Å²) in [6.45, 7) is 3.75. The topological polar surface area (TPSA) is 55.8 Å². The second kappa shape index (κ2) is 6.10. The molecular weight excluding hydrogens is 315 g/mol. The number of rotatable bonds is 4. The Bertz CT molecular complexity index is 617. The van der Waals surface area contributed by atoms with Crippen molar-refractivity contribution in [2.75, 3.05) is 13.2 Å². The van der Waals surface area contributed by atoms with E-state index in [1.54, 1.807) is 13.8 Å². The fraction of sp³-hybridized carbons (Fsp3) is 0.467. The maximum atomic E-state index is 12.5. The molecule has 23 heavy (non-hydrogen) atoms. The van der Waals surface area contributed by atoms with Crippen molar-refractivity contribution >= 4 is 11.9 Å². The Morgan fingerprint density at radius 3 is 2.57 bits per heavy atom. The van der Waals surface area contributed by atoms with Gasteiger partial charge in [-0.25, -0.2) is 4.79 Å². The Morgan fingerprint density at radius 2 is 2.04 bits per heavy atom. The molecule has 1 unspecified atom stereocenters. The molecule has 1 heterocycles. The number of carbonyl (C=O) groups excluding carboxylic acids is 2. The number of nitrogens with zero attached hydrogens (tertiary/aromatic N) is 1. The molecule has 1 fully saturated rings. The summed E-state index contributed by atoms with van der Waals surface area (Å²) in [5, 5.41) is 0. The third-order valence-corrected chi connectivity index (χ3v) is 3.69. The molecular formula is C15H16F3NO4. The molecule has 0 aliphatic carbocycles. The number of carbonyl (C=O) groups is 2. The van der Waals surface area contributed by atoms with Crippen LogP contribution in [0.3, 0.4) is 0 Å². The third kappa shape index (κ3) is 3.57. The van der Waals surface area contributed by atoms with Crippen molar-refractivity contribution in [3.05, 3.63) is 29.8 Å². The van der Waals surface area contributed by atoms with Crippen molar-refractivity contribution in [2.45, 2.75) is 32.2 Å². The molecule has 1 aromatic carbocycles. The molecule has 0 N–H and O–H groups in total. The van der Waals surface area contributed by atoms with Gasteiger partial charge in [-0.2, -0.15) is 0 Å². The van der Waals surface area contributed by atoms with Crippen LogP contribution < -0.4 is 4.74 Å². The minimum Gasteiger partial charge on any atom is -0.464 e. The van der Waals surface area contributed by atoms with Crippen molar-refractivity contribution in [2.24, 2.45) is 0 Å². The summed E-state index contributed by atoms with van der Waals surface area (Å²) in [6, 6.07) is 4.76. The van der Waals surface area contributed by atoms with Crippen LogP contribution in [0.1, 0.15) is 30.6 Å². The van der Waals surface area contributed by atoms with Gasteiger partial charge in [-0.05, 0) is 38.5 Å². The summed E-state index contributed by atoms with van der Waals surface area (Å²) in [4.78, 5) is 25.7. The van der Waals surface area contributed by atoms with E-state index in [2.05, 4.69) is 4.74 Å². The predicted octanol–water partition coefficient (Wildman–Crippen LogP) is 2.75. The minimum atomic E-state index is -4.84. The molecule has 1 aromatic rings. The van der Waals surface area contributed by atoms with E-state index in [1.165, 1.54) is 17.0 Å². The highest BCUT2D eigenvalue weighted by atomic mass is 19.4. The fourth-order valence-corrected chi connectivity index (χ4v) is 2.37. The molecule has 0 bridgehead atoms. The second-order valence-corrected chi connectivity index (χ2v) is 5.28. The number of ether oxygens (including phenoxy) is 2. The highest BCUT2D eigenvalue weighted by molar-refractivity contribution is 5.99. The van der Waals surface area contributed by atoms with Gasteiger partial charge in [0.1, 0.15) is 11.3 Å². The summed E-state index contributed by atoms with van der Waals surface area (Å²) < 4.78 is 45.5. The van der Waals surface area contributed by atoms with Gasteiger partial charge in [0, 0.05) is 12.1 Å². The van der Waals surface area contributed by atoms with Crippen LogP contribution in [0, 0.1) is 0 Å². The average Bonchev–Trinajstić information content (AvgIpc) is 2.44. The van der Waals surface area contributed by atoms with E-state index >= 15 is 0 Å². The van der Waals surface area contributed by atoms with Gasteiger partial charge in [0.25, 0.3) is 5.91 Å². The smallest absolute Gasteiger partial charge is 0.464 e. The SMILES string of the molecule is CCOC(=O)C1(C)CCN1C(=O)c1cccc(OC(F)(F)F)c1. The van der Waals surface area contributed by atoms with E-state index in [9.17, 15) is 22.8 Å². The maximum Gasteiger partial charge on any atom is 0.573 e. The monoisotopic (exact) mass is 331 g/mol. The molecule has 0 saturated carbocycles. The molecule has 0 spiro atoms. The van der Waals surface area contributed by atoms with Gasteiger partial charge in [-0.15, -0.1) is 13.2 Å². The summed E-state index contributed by atoms with van der Waals surface area (Å²) in [6.07, 6.45) is -4.39. The molecule has 1 aliphatic rings. The number of likely N-dealkylation sites (tertiary alicyclic amines) is 1. The van der Waals surface area contributed by atoms with Gasteiger partial charge in [-0.1, -0.05) is 6.07 Å². The number of benzene rings is 1. The lowest BCUT2D eigenvalue weighted by Gasteiger charge is -2.48. The number of alkyl halides is 3. The first-order valence-corrected chi connectivity index (χ1v) is 7.02. The van der Waals surface area contributed by atoms with Gasteiger partial charge >= 0.3 is 12.3 Å². The summed E-state index contributed by atoms with van der Waals surface area (Å²) >= 11 is 0. The highest BCUT2D eigenvalue weighted by Gasteiger charge is 2.50. The molecule has 8 heteroatoms. The lowest BCUT2D eigenvalue weighted by atomic mass is 9.86. The van der Waals surface area contributed by atoms with E-state index in [1.807, 2.05) is 0 Å². The first-order chi connectivity index (χ1) is 10.7. The van der Waals surface area contributed by atoms with Crippen LogP contribution in [0.4, 0.5) is 13.2 Å². The Hall–Kier alpha value is -2.25. The average molecular weight is 331 g/mol. The van der Waals surface area contributed by atoms with Gasteiger partial charge in [0.05, 0.1) is 6.61 Å². The lowest BCUT2D eigenvalue weighted by molar-refractivity contribution is -0.274. The van der Waals surface area contributed by atoms with Crippen molar-refractivity contribution in [1.82, 2.24) is 4.90 Å². The minimum absolute atomic E-state index is 0.0157. The van der Waals surface area contributed by atoms with Crippen LogP contribution in [0.25, 0.3) is 0 Å². The van der Waals surface area contributed by atoms with E-state index in [0.717, 1.165) is 12.1 Å². The molecule has 5 nitrogen and oxygen atoms in total. The van der Waals surface area contributed by atoms with Crippen LogP contribution in [-0.2, 0) is 9.53 Å². The van der Waals surface area contributed by atoms with Crippen LogP contribution in [0.5, 0.6) is 5.75 Å². The van der Waals surface area contributed by atoms with Crippen molar-refractivity contribution in [1.29, 1.82) is 0 Å². The lowest BCUT2D eigenvalue weighted by Crippen LogP contribution is -2.65. The number of amides is 1. The van der Waals surface area contributed by atoms with Gasteiger partial charge < -0.3 is 14.4 Å². The zero-order valence-corrected chi connectivity index (χ0v) is 12.6. The standard InChI is InChI=1S/C15H16F3NO4/c1-3-22-13(21)14(2)7-8-19(14)12(20)10-5-4-6-11(9-10)23-15(16,17)18/h4-6,9H,3,7-8H2,1-2H3. The van der Waals surface area contributed by atoms with Gasteiger partial charge in [0.2, 0.25) is 0 Å². The van der Waals surface area contributed by atoms with E-state index in [-0.39, 0.29) is 12.2 Å². The van der Waals surface area contributed by atoms with Crippen LogP contribution in [0.2, 0.25) is 0 Å². The summed E-state index contributed by atoms with van der Waals surface area (Å²) in [5.74, 6) is -1.55. The second-order valence-electron chi connectivity index (χ2n) is 5.28. The third-order valence-electron chi connectivity index (χ3n) is 3.69. The summed E-state index contributed by atoms with van der Waals surface area (Å²) in [5.41, 5.74) is -1.07. The molecule has 1 amide bonds. The number of halogens is 3. The number of hydrogen-bond donors (Lipinski definition) is 0. The molecule has 1 aliphatic heterocycles. The largest absolute Gasteiger partial charge is 0.573 e. The van der Waals surface area contributed by atoms with Crippen molar-refractivity contribution in [3.8, 4) is 5.75 Å². The molecule has 0 aromatic heterocycles. The quantitative estimate of drug-likeness (QED) is 0.796. The molecule has 2 rings (SSSR count). The Morgan fingerprint density at radius 1 is 1.35 bits per heavy atom. The first kappa shape index (κ1) is 17.1. The summed E-state index contributed by atoms with van der Waals surface area (Å²) in [7, 11) is 0. The van der Waals surface area contributed by atoms with Crippen molar-refractivity contribution < 1.29 is 32.2 Å². The molecule has 1 saturated heterocycles. The zero-order valence-electron chi connectivity index (χ0n) is 12.6. The van der Waals surface area contributed by atoms with Crippen LogP contribution in [-0.4, -0.2) is 41.8 Å². The van der Waals surface area contributed by atoms with Gasteiger partial charge in [0.15, 0.2) is 0 Å². The highest BCUT2D eigenvalue weighted by Crippen LogP contribution is 2.34. The molecule has 1 atom stereocenters. The number of esters is 1. The van der Waals surface area contributed by atoms with Gasteiger partial charge in [-0.3, -0.25) is 4.79 Å². The fourth-order valence-electron chi connectivity index (χ4n) is 2.37. The Kier molecular flexibility index (Phi) is 4.53. The molecule has 0 radical (unpaired) electrons. The first-order valence-electron chi connectivity index (χ1n) is 7.02. The maximum absolute atomic E-state index is 12.5. The van der Waals surface area contributed by atoms with E-state index in [4.69, 9.17) is 4.74 Å². The Labute approximate surface area is 131 Å². The molecule has 126 valence electrons. The van der Waals surface area contributed by atoms with Crippen molar-refractivity contribution in [3.63, 3.8) is 0 Å². The normalized spacial score (nSPS) is 20.7. The number of hydrogen-bond acceptors (Lipinski definition) is 4. The van der Waals surface area contributed by atoms with E-state index in [0.29, 0.717) is 13.0 Å². The van der Waals surface area contributed by atoms with Crippen LogP contribution >= 0.6 is 0 Å². The zero-order chi connectivity index (χ0) is 17.3. The predicted molar refractivity (Wildman–Crippen MR) is 73.8 cm³/mol.